The van der Waals surface area contributed by atoms with Crippen molar-refractivity contribution in [1.29, 1.82) is 0 Å². The highest BCUT2D eigenvalue weighted by Gasteiger charge is 2.12. The predicted octanol–water partition coefficient (Wildman–Crippen LogP) is 2.91. The molecule has 4 nitrogen and oxygen atoms in total. The third-order valence-corrected chi connectivity index (χ3v) is 2.89. The lowest BCUT2D eigenvalue weighted by Gasteiger charge is -2.01. The van der Waals surface area contributed by atoms with Gasteiger partial charge in [0.05, 0.1) is 11.6 Å². The minimum Gasteiger partial charge on any atom is -0.359 e. The second-order valence-corrected chi connectivity index (χ2v) is 4.28. The highest BCUT2D eigenvalue weighted by Crippen LogP contribution is 2.27. The molecular weight excluding hydrogens is 226 g/mol. The van der Waals surface area contributed by atoms with Gasteiger partial charge in [0.25, 0.3) is 0 Å². The van der Waals surface area contributed by atoms with Crippen LogP contribution in [0.25, 0.3) is 22.2 Å². The molecule has 1 atom stereocenters. The van der Waals surface area contributed by atoms with Crippen LogP contribution in [0.4, 0.5) is 0 Å². The van der Waals surface area contributed by atoms with Gasteiger partial charge in [0.1, 0.15) is 5.69 Å². The molecule has 3 aromatic rings. The van der Waals surface area contributed by atoms with Crippen LogP contribution in [0.5, 0.6) is 0 Å². The topological polar surface area (TPSA) is 64.9 Å². The maximum absolute atomic E-state index is 5.77. The fourth-order valence-electron chi connectivity index (χ4n) is 1.94. The second kappa shape index (κ2) is 4.23. The maximum atomic E-state index is 5.77. The Morgan fingerprint density at radius 1 is 1.22 bits per heavy atom. The van der Waals surface area contributed by atoms with Crippen molar-refractivity contribution in [3.63, 3.8) is 0 Å². The van der Waals surface area contributed by atoms with Gasteiger partial charge in [0.15, 0.2) is 5.76 Å². The van der Waals surface area contributed by atoms with Gasteiger partial charge in [0, 0.05) is 23.2 Å². The lowest BCUT2D eigenvalue weighted by molar-refractivity contribution is 0.369. The van der Waals surface area contributed by atoms with Gasteiger partial charge >= 0.3 is 0 Å². The summed E-state index contributed by atoms with van der Waals surface area (Å²) < 4.78 is 5.23. The van der Waals surface area contributed by atoms with Crippen molar-refractivity contribution in [2.45, 2.75) is 13.0 Å². The monoisotopic (exact) mass is 239 g/mol. The molecule has 18 heavy (non-hydrogen) atoms. The smallest absolute Gasteiger partial charge is 0.153 e. The van der Waals surface area contributed by atoms with Crippen LogP contribution in [0.1, 0.15) is 18.7 Å². The van der Waals surface area contributed by atoms with Gasteiger partial charge in [-0.05, 0) is 13.0 Å². The number of hydrogen-bond acceptors (Lipinski definition) is 4. The summed E-state index contributed by atoms with van der Waals surface area (Å²) in [6, 6.07) is 11.7. The number of nitrogens with two attached hydrogens (primary N) is 1. The van der Waals surface area contributed by atoms with Gasteiger partial charge in [-0.3, -0.25) is 4.98 Å². The molecule has 0 radical (unpaired) electrons. The first kappa shape index (κ1) is 10.9. The Bertz CT molecular complexity index is 683. The number of fused-ring (bicyclic) bond motifs is 1. The molecule has 0 aliphatic rings. The third kappa shape index (κ3) is 1.76. The molecule has 0 spiro atoms. The number of pyridine rings is 1. The summed E-state index contributed by atoms with van der Waals surface area (Å²) in [7, 11) is 0. The predicted molar refractivity (Wildman–Crippen MR) is 69.8 cm³/mol. The van der Waals surface area contributed by atoms with Gasteiger partial charge < -0.3 is 10.3 Å². The molecule has 0 aliphatic carbocycles. The van der Waals surface area contributed by atoms with Crippen molar-refractivity contribution in [2.75, 3.05) is 0 Å². The van der Waals surface area contributed by atoms with Crippen LogP contribution in [0.2, 0.25) is 0 Å². The minimum atomic E-state index is -0.158. The quantitative estimate of drug-likeness (QED) is 0.746. The van der Waals surface area contributed by atoms with Crippen molar-refractivity contribution < 1.29 is 4.52 Å². The SMILES string of the molecule is CC(N)c1cc(-c2cccc3cccnc23)no1. The molecule has 3 rings (SSSR count). The van der Waals surface area contributed by atoms with Crippen molar-refractivity contribution in [2.24, 2.45) is 5.73 Å². The molecule has 90 valence electrons. The summed E-state index contributed by atoms with van der Waals surface area (Å²) in [6.45, 7) is 1.87. The van der Waals surface area contributed by atoms with Crippen LogP contribution < -0.4 is 5.73 Å². The molecule has 0 bridgehead atoms. The van der Waals surface area contributed by atoms with Gasteiger partial charge in [0.2, 0.25) is 0 Å². The third-order valence-electron chi connectivity index (χ3n) is 2.89. The van der Waals surface area contributed by atoms with Gasteiger partial charge in [-0.2, -0.15) is 0 Å². The summed E-state index contributed by atoms with van der Waals surface area (Å²) in [5.41, 5.74) is 8.42. The standard InChI is InChI=1S/C14H13N3O/c1-9(15)13-8-12(17-18-13)11-6-2-4-10-5-3-7-16-14(10)11/h2-9H,15H2,1H3. The largest absolute Gasteiger partial charge is 0.359 e. The number of aromatic nitrogens is 2. The van der Waals surface area contributed by atoms with Crippen molar-refractivity contribution in [3.05, 3.63) is 48.4 Å². The average Bonchev–Trinajstić information content (AvgIpc) is 2.87. The Kier molecular flexibility index (Phi) is 2.57. The number of rotatable bonds is 2. The van der Waals surface area contributed by atoms with E-state index in [0.29, 0.717) is 5.76 Å². The zero-order valence-electron chi connectivity index (χ0n) is 10.00. The normalized spacial score (nSPS) is 12.8. The van der Waals surface area contributed by atoms with Gasteiger partial charge in [-0.25, -0.2) is 0 Å². The van der Waals surface area contributed by atoms with E-state index in [-0.39, 0.29) is 6.04 Å². The van der Waals surface area contributed by atoms with E-state index in [9.17, 15) is 0 Å². The number of nitrogens with zero attached hydrogens (tertiary/aromatic N) is 2. The van der Waals surface area contributed by atoms with Crippen LogP contribution in [0, 0.1) is 0 Å². The summed E-state index contributed by atoms with van der Waals surface area (Å²) >= 11 is 0. The molecular formula is C14H13N3O. The van der Waals surface area contributed by atoms with E-state index >= 15 is 0 Å². The molecule has 2 aromatic heterocycles. The lowest BCUT2D eigenvalue weighted by Crippen LogP contribution is -2.02. The first-order valence-electron chi connectivity index (χ1n) is 5.82. The second-order valence-electron chi connectivity index (χ2n) is 4.28. The molecule has 1 aromatic carbocycles. The van der Waals surface area contributed by atoms with Crippen molar-refractivity contribution in [3.8, 4) is 11.3 Å². The van der Waals surface area contributed by atoms with Gasteiger partial charge in [-0.1, -0.05) is 29.4 Å². The van der Waals surface area contributed by atoms with E-state index in [0.717, 1.165) is 22.2 Å². The Balaban J connectivity index is 2.18. The summed E-state index contributed by atoms with van der Waals surface area (Å²) in [6.07, 6.45) is 1.78. The molecule has 2 N–H and O–H groups in total. The molecule has 0 saturated carbocycles. The van der Waals surface area contributed by atoms with Crippen molar-refractivity contribution >= 4 is 10.9 Å². The summed E-state index contributed by atoms with van der Waals surface area (Å²) in [5.74, 6) is 0.679. The Hall–Kier alpha value is -2.20. The molecule has 0 fully saturated rings. The van der Waals surface area contributed by atoms with Gasteiger partial charge in [-0.15, -0.1) is 0 Å². The first-order valence-corrected chi connectivity index (χ1v) is 5.82. The summed E-state index contributed by atoms with van der Waals surface area (Å²) in [5, 5.41) is 5.15. The number of para-hydroxylation sites is 1. The van der Waals surface area contributed by atoms with Crippen LogP contribution >= 0.6 is 0 Å². The molecule has 0 saturated heterocycles. The zero-order chi connectivity index (χ0) is 12.5. The van der Waals surface area contributed by atoms with Crippen molar-refractivity contribution in [1.82, 2.24) is 10.1 Å². The molecule has 1 unspecified atom stereocenters. The zero-order valence-corrected chi connectivity index (χ0v) is 10.00. The number of hydrogen-bond donors (Lipinski definition) is 1. The minimum absolute atomic E-state index is 0.158. The van der Waals surface area contributed by atoms with Crippen LogP contribution in [0.15, 0.2) is 47.1 Å². The molecule has 0 aliphatic heterocycles. The fourth-order valence-corrected chi connectivity index (χ4v) is 1.94. The van der Waals surface area contributed by atoms with E-state index in [1.54, 1.807) is 6.20 Å². The molecule has 0 amide bonds. The number of benzene rings is 1. The van der Waals surface area contributed by atoms with E-state index in [4.69, 9.17) is 10.3 Å². The van der Waals surface area contributed by atoms with E-state index in [2.05, 4.69) is 10.1 Å². The van der Waals surface area contributed by atoms with Crippen LogP contribution in [0.3, 0.4) is 0 Å². The molecule has 4 heteroatoms. The highest BCUT2D eigenvalue weighted by molar-refractivity contribution is 5.92. The lowest BCUT2D eigenvalue weighted by atomic mass is 10.1. The maximum Gasteiger partial charge on any atom is 0.153 e. The van der Waals surface area contributed by atoms with Crippen LogP contribution in [-0.4, -0.2) is 10.1 Å². The Morgan fingerprint density at radius 2 is 2.06 bits per heavy atom. The average molecular weight is 239 g/mol. The molecule has 2 heterocycles. The van der Waals surface area contributed by atoms with E-state index < -0.39 is 0 Å². The van der Waals surface area contributed by atoms with Crippen LogP contribution in [-0.2, 0) is 0 Å². The summed E-state index contributed by atoms with van der Waals surface area (Å²) in [4.78, 5) is 4.40. The van der Waals surface area contributed by atoms with E-state index in [1.807, 2.05) is 43.3 Å². The van der Waals surface area contributed by atoms with E-state index in [1.165, 1.54) is 0 Å². The fraction of sp³-hybridized carbons (Fsp3) is 0.143. The Labute approximate surface area is 104 Å². The highest BCUT2D eigenvalue weighted by atomic mass is 16.5. The first-order chi connectivity index (χ1) is 8.75. The Morgan fingerprint density at radius 3 is 2.83 bits per heavy atom.